The van der Waals surface area contributed by atoms with Crippen molar-refractivity contribution in [2.24, 2.45) is 5.92 Å². The van der Waals surface area contributed by atoms with Gasteiger partial charge in [0.15, 0.2) is 5.13 Å². The van der Waals surface area contributed by atoms with Gasteiger partial charge in [0.05, 0.1) is 5.75 Å². The highest BCUT2D eigenvalue weighted by Crippen LogP contribution is 2.24. The van der Waals surface area contributed by atoms with Crippen molar-refractivity contribution in [1.82, 2.24) is 9.71 Å². The predicted octanol–water partition coefficient (Wildman–Crippen LogP) is 2.62. The summed E-state index contributed by atoms with van der Waals surface area (Å²) in [6.45, 7) is 2.20. The highest BCUT2D eigenvalue weighted by Gasteiger charge is 2.23. The molecule has 1 unspecified atom stereocenters. The van der Waals surface area contributed by atoms with Crippen molar-refractivity contribution >= 4 is 26.5 Å². The molecule has 0 spiro atoms. The average Bonchev–Trinajstić information content (AvgIpc) is 3.10. The number of anilines is 1. The van der Waals surface area contributed by atoms with Gasteiger partial charge >= 0.3 is 0 Å². The second-order valence-corrected chi connectivity index (χ2v) is 8.68. The first-order valence-electron chi connectivity index (χ1n) is 7.88. The zero-order valence-corrected chi connectivity index (χ0v) is 14.8. The molecule has 2 aromatic rings. The average molecular weight is 369 g/mol. The van der Waals surface area contributed by atoms with Gasteiger partial charge in [-0.05, 0) is 36.5 Å². The molecule has 130 valence electrons. The van der Waals surface area contributed by atoms with Crippen molar-refractivity contribution in [1.29, 1.82) is 0 Å². The molecular formula is C16H20FN3O2S2. The van der Waals surface area contributed by atoms with Gasteiger partial charge in [0.25, 0.3) is 0 Å². The zero-order valence-electron chi connectivity index (χ0n) is 13.2. The molecule has 0 radical (unpaired) electrons. The molecule has 0 amide bonds. The van der Waals surface area contributed by atoms with Crippen LogP contribution in [0.3, 0.4) is 0 Å². The molecule has 1 fully saturated rings. The third kappa shape index (κ3) is 4.75. The van der Waals surface area contributed by atoms with Gasteiger partial charge in [-0.1, -0.05) is 12.1 Å². The number of hydrogen-bond donors (Lipinski definition) is 1. The van der Waals surface area contributed by atoms with E-state index in [4.69, 9.17) is 0 Å². The minimum Gasteiger partial charge on any atom is -0.348 e. The second kappa shape index (κ2) is 7.58. The van der Waals surface area contributed by atoms with E-state index in [9.17, 15) is 12.8 Å². The maximum Gasteiger partial charge on any atom is 0.215 e. The number of hydrogen-bond acceptors (Lipinski definition) is 5. The van der Waals surface area contributed by atoms with Gasteiger partial charge in [-0.3, -0.25) is 0 Å². The first kappa shape index (κ1) is 17.3. The Labute approximate surface area is 145 Å². The summed E-state index contributed by atoms with van der Waals surface area (Å²) < 4.78 is 40.0. The summed E-state index contributed by atoms with van der Waals surface area (Å²) in [6, 6.07) is 5.55. The van der Waals surface area contributed by atoms with E-state index in [2.05, 4.69) is 14.6 Å². The summed E-state index contributed by atoms with van der Waals surface area (Å²) in [6.07, 6.45) is 3.82. The van der Waals surface area contributed by atoms with Gasteiger partial charge < -0.3 is 4.90 Å². The molecule has 8 heteroatoms. The Bertz CT molecular complexity index is 748. The fraction of sp³-hybridized carbons (Fsp3) is 0.438. The van der Waals surface area contributed by atoms with Crippen LogP contribution in [0.15, 0.2) is 35.8 Å². The quantitative estimate of drug-likeness (QED) is 0.850. The lowest BCUT2D eigenvalue weighted by atomic mass is 9.99. The largest absolute Gasteiger partial charge is 0.348 e. The third-order valence-corrected chi connectivity index (χ3v) is 6.22. The summed E-state index contributed by atoms with van der Waals surface area (Å²) >= 11 is 1.60. The van der Waals surface area contributed by atoms with E-state index in [-0.39, 0.29) is 17.5 Å². The Balaban J connectivity index is 1.53. The standard InChI is InChI=1S/C16H20FN3O2S2/c17-15-5-3-13(4-6-15)12-24(21,22)19-10-14-2-1-8-20(11-14)16-18-7-9-23-16/h3-7,9,14,19H,1-2,8,10-12H2. The molecule has 0 bridgehead atoms. The number of aromatic nitrogens is 1. The minimum absolute atomic E-state index is 0.129. The molecule has 0 saturated carbocycles. The highest BCUT2D eigenvalue weighted by atomic mass is 32.2. The van der Waals surface area contributed by atoms with Crippen LogP contribution >= 0.6 is 11.3 Å². The fourth-order valence-corrected chi connectivity index (χ4v) is 4.78. The molecule has 1 aromatic carbocycles. The number of sulfonamides is 1. The molecule has 1 saturated heterocycles. The second-order valence-electron chi connectivity index (χ2n) is 6.00. The maximum absolute atomic E-state index is 12.9. The van der Waals surface area contributed by atoms with E-state index in [1.54, 1.807) is 17.5 Å². The molecule has 2 heterocycles. The number of benzene rings is 1. The van der Waals surface area contributed by atoms with Crippen molar-refractivity contribution in [2.45, 2.75) is 18.6 Å². The summed E-state index contributed by atoms with van der Waals surface area (Å²) in [5, 5.41) is 2.94. The molecule has 1 N–H and O–H groups in total. The number of thiazole rings is 1. The smallest absolute Gasteiger partial charge is 0.215 e. The van der Waals surface area contributed by atoms with E-state index in [0.717, 1.165) is 31.1 Å². The Morgan fingerprint density at radius 3 is 2.83 bits per heavy atom. The molecule has 3 rings (SSSR count). The lowest BCUT2D eigenvalue weighted by Crippen LogP contribution is -2.41. The highest BCUT2D eigenvalue weighted by molar-refractivity contribution is 7.88. The van der Waals surface area contributed by atoms with Crippen LogP contribution in [0.25, 0.3) is 0 Å². The molecule has 1 aliphatic heterocycles. The van der Waals surface area contributed by atoms with Gasteiger partial charge in [-0.15, -0.1) is 11.3 Å². The molecule has 1 aromatic heterocycles. The van der Waals surface area contributed by atoms with Crippen molar-refractivity contribution in [3.05, 3.63) is 47.2 Å². The van der Waals surface area contributed by atoms with Gasteiger partial charge in [0, 0.05) is 31.2 Å². The summed E-state index contributed by atoms with van der Waals surface area (Å²) in [7, 11) is -3.42. The van der Waals surface area contributed by atoms with Crippen LogP contribution in [-0.4, -0.2) is 33.0 Å². The predicted molar refractivity (Wildman–Crippen MR) is 94.1 cm³/mol. The third-order valence-electron chi connectivity index (χ3n) is 4.07. The van der Waals surface area contributed by atoms with Crippen LogP contribution in [0.1, 0.15) is 18.4 Å². The Kier molecular flexibility index (Phi) is 5.47. The number of piperidine rings is 1. The van der Waals surface area contributed by atoms with Crippen LogP contribution in [-0.2, 0) is 15.8 Å². The van der Waals surface area contributed by atoms with E-state index >= 15 is 0 Å². The van der Waals surface area contributed by atoms with Gasteiger partial charge in [-0.2, -0.15) is 0 Å². The van der Waals surface area contributed by atoms with Crippen LogP contribution in [0.2, 0.25) is 0 Å². The van der Waals surface area contributed by atoms with Crippen LogP contribution < -0.4 is 9.62 Å². The molecular weight excluding hydrogens is 349 g/mol. The van der Waals surface area contributed by atoms with E-state index in [1.165, 1.54) is 24.3 Å². The Morgan fingerprint density at radius 2 is 2.12 bits per heavy atom. The van der Waals surface area contributed by atoms with Gasteiger partial charge in [-0.25, -0.2) is 22.5 Å². The van der Waals surface area contributed by atoms with Crippen LogP contribution in [0, 0.1) is 11.7 Å². The monoisotopic (exact) mass is 369 g/mol. The number of nitrogens with zero attached hydrogens (tertiary/aromatic N) is 2. The summed E-state index contributed by atoms with van der Waals surface area (Å²) in [4.78, 5) is 6.54. The van der Waals surface area contributed by atoms with Crippen LogP contribution in [0.5, 0.6) is 0 Å². The fourth-order valence-electron chi connectivity index (χ4n) is 2.87. The molecule has 1 atom stereocenters. The molecule has 5 nitrogen and oxygen atoms in total. The SMILES string of the molecule is O=S(=O)(Cc1ccc(F)cc1)NCC1CCCN(c2nccs2)C1. The topological polar surface area (TPSA) is 62.3 Å². The first-order chi connectivity index (χ1) is 11.5. The van der Waals surface area contributed by atoms with Crippen molar-refractivity contribution in [3.8, 4) is 0 Å². The lowest BCUT2D eigenvalue weighted by molar-refractivity contribution is 0.410. The molecule has 24 heavy (non-hydrogen) atoms. The first-order valence-corrected chi connectivity index (χ1v) is 10.4. The zero-order chi connectivity index (χ0) is 17.0. The number of rotatable bonds is 6. The summed E-state index contributed by atoms with van der Waals surface area (Å²) in [5.74, 6) is -0.227. The Hall–Kier alpha value is -1.51. The lowest BCUT2D eigenvalue weighted by Gasteiger charge is -2.32. The van der Waals surface area contributed by atoms with Crippen molar-refractivity contribution in [2.75, 3.05) is 24.5 Å². The summed E-state index contributed by atoms with van der Waals surface area (Å²) in [5.41, 5.74) is 0.581. The number of nitrogens with one attached hydrogen (secondary N) is 1. The maximum atomic E-state index is 12.9. The normalized spacial score (nSPS) is 18.7. The Morgan fingerprint density at radius 1 is 1.33 bits per heavy atom. The number of halogens is 1. The van der Waals surface area contributed by atoms with Crippen LogP contribution in [0.4, 0.5) is 9.52 Å². The van der Waals surface area contributed by atoms with E-state index < -0.39 is 10.0 Å². The van der Waals surface area contributed by atoms with E-state index in [1.807, 2.05) is 5.38 Å². The molecule has 0 aliphatic carbocycles. The van der Waals surface area contributed by atoms with E-state index in [0.29, 0.717) is 12.1 Å². The van der Waals surface area contributed by atoms with Crippen molar-refractivity contribution in [3.63, 3.8) is 0 Å². The van der Waals surface area contributed by atoms with Gasteiger partial charge in [0.2, 0.25) is 10.0 Å². The van der Waals surface area contributed by atoms with Gasteiger partial charge in [0.1, 0.15) is 5.82 Å². The van der Waals surface area contributed by atoms with Crippen molar-refractivity contribution < 1.29 is 12.8 Å². The minimum atomic E-state index is -3.42. The molecule has 1 aliphatic rings.